The van der Waals surface area contributed by atoms with E-state index in [1.807, 2.05) is 38.1 Å². The van der Waals surface area contributed by atoms with Crippen molar-refractivity contribution in [3.63, 3.8) is 0 Å². The first-order valence-electron chi connectivity index (χ1n) is 14.2. The molecule has 0 aliphatic heterocycles. The normalized spacial score (nSPS) is 14.4. The Kier molecular flexibility index (Phi) is 10.5. The van der Waals surface area contributed by atoms with Crippen LogP contribution >= 0.6 is 11.6 Å². The summed E-state index contributed by atoms with van der Waals surface area (Å²) in [6.45, 7) is 3.57. The summed E-state index contributed by atoms with van der Waals surface area (Å²) < 4.78 is 29.0. The maximum atomic E-state index is 14.2. The summed E-state index contributed by atoms with van der Waals surface area (Å²) in [4.78, 5) is 29.2. The van der Waals surface area contributed by atoms with Gasteiger partial charge in [-0.15, -0.1) is 0 Å². The molecule has 41 heavy (non-hydrogen) atoms. The number of hydrogen-bond donors (Lipinski definition) is 1. The Bertz CT molecular complexity index is 1410. The van der Waals surface area contributed by atoms with Gasteiger partial charge in [-0.25, -0.2) is 8.42 Å². The molecule has 1 aliphatic rings. The van der Waals surface area contributed by atoms with Crippen LogP contribution in [0.15, 0.2) is 83.8 Å². The van der Waals surface area contributed by atoms with E-state index in [4.69, 9.17) is 11.6 Å². The fraction of sp³-hybridized carbons (Fsp3) is 0.375. The van der Waals surface area contributed by atoms with Gasteiger partial charge in [0.05, 0.1) is 10.6 Å². The van der Waals surface area contributed by atoms with E-state index in [9.17, 15) is 18.0 Å². The predicted molar refractivity (Wildman–Crippen MR) is 163 cm³/mol. The highest BCUT2D eigenvalue weighted by Gasteiger charge is 2.34. The minimum absolute atomic E-state index is 0.0858. The highest BCUT2D eigenvalue weighted by molar-refractivity contribution is 7.92. The molecule has 3 aromatic rings. The fourth-order valence-electron chi connectivity index (χ4n) is 5.22. The second-order valence-corrected chi connectivity index (χ2v) is 12.7. The zero-order valence-electron chi connectivity index (χ0n) is 23.6. The minimum Gasteiger partial charge on any atom is -0.352 e. The lowest BCUT2D eigenvalue weighted by atomic mass is 10.1. The van der Waals surface area contributed by atoms with Crippen LogP contribution in [-0.4, -0.2) is 43.8 Å². The Balaban J connectivity index is 1.70. The molecule has 0 aromatic heterocycles. The van der Waals surface area contributed by atoms with Crippen LogP contribution in [0.3, 0.4) is 0 Å². The van der Waals surface area contributed by atoms with Gasteiger partial charge in [0.15, 0.2) is 0 Å². The summed E-state index contributed by atoms with van der Waals surface area (Å²) in [5.74, 6) is -0.682. The van der Waals surface area contributed by atoms with Gasteiger partial charge in [0.25, 0.3) is 10.0 Å². The summed E-state index contributed by atoms with van der Waals surface area (Å²) in [6.07, 6.45) is 5.16. The number of benzene rings is 3. The largest absolute Gasteiger partial charge is 0.352 e. The maximum Gasteiger partial charge on any atom is 0.264 e. The van der Waals surface area contributed by atoms with Crippen LogP contribution in [0.25, 0.3) is 0 Å². The van der Waals surface area contributed by atoms with Gasteiger partial charge in [0, 0.05) is 17.6 Å². The van der Waals surface area contributed by atoms with Crippen LogP contribution in [0, 0.1) is 0 Å². The fourth-order valence-corrected chi connectivity index (χ4v) is 6.78. The molecule has 218 valence electrons. The van der Waals surface area contributed by atoms with Crippen molar-refractivity contribution in [2.24, 2.45) is 0 Å². The van der Waals surface area contributed by atoms with Gasteiger partial charge in [0.1, 0.15) is 12.6 Å². The SMILES string of the molecule is CCc1ccc(N(CC(=O)N(Cc2ccc(Cl)cc2)[C@H](CC)C(=O)NC2CCCC2)S(=O)(=O)c2ccccc2)cc1. The number of hydrogen-bond acceptors (Lipinski definition) is 4. The van der Waals surface area contributed by atoms with Gasteiger partial charge in [0.2, 0.25) is 11.8 Å². The van der Waals surface area contributed by atoms with E-state index in [1.165, 1.54) is 17.0 Å². The third kappa shape index (κ3) is 7.68. The number of carbonyl (C=O) groups is 2. The Labute approximate surface area is 248 Å². The maximum absolute atomic E-state index is 14.2. The van der Waals surface area contributed by atoms with Gasteiger partial charge >= 0.3 is 0 Å². The number of aryl methyl sites for hydroxylation is 1. The third-order valence-electron chi connectivity index (χ3n) is 7.60. The molecule has 0 spiro atoms. The molecule has 9 heteroatoms. The number of sulfonamides is 1. The van der Waals surface area contributed by atoms with Crippen molar-refractivity contribution in [3.8, 4) is 0 Å². The zero-order valence-corrected chi connectivity index (χ0v) is 25.2. The van der Waals surface area contributed by atoms with Gasteiger partial charge in [-0.3, -0.25) is 13.9 Å². The molecule has 1 atom stereocenters. The quantitative estimate of drug-likeness (QED) is 0.280. The van der Waals surface area contributed by atoms with Gasteiger partial charge in [-0.05, 0) is 73.2 Å². The summed E-state index contributed by atoms with van der Waals surface area (Å²) >= 11 is 6.09. The van der Waals surface area contributed by atoms with Crippen LogP contribution in [0.5, 0.6) is 0 Å². The Morgan fingerprint density at radius 2 is 1.51 bits per heavy atom. The molecule has 7 nitrogen and oxygen atoms in total. The molecular weight excluding hydrogens is 558 g/mol. The van der Waals surface area contributed by atoms with Crippen molar-refractivity contribution < 1.29 is 18.0 Å². The standard InChI is InChI=1S/C32H38ClN3O4S/c1-3-24-16-20-28(21-17-24)36(41(39,40)29-12-6-5-7-13-29)23-31(37)35(22-25-14-18-26(33)19-15-25)30(4-2)32(38)34-27-10-8-9-11-27/h5-7,12-21,27,30H,3-4,8-11,22-23H2,1-2H3,(H,34,38)/t30-/m1/s1. The lowest BCUT2D eigenvalue weighted by Gasteiger charge is -2.33. The number of rotatable bonds is 12. The molecule has 0 bridgehead atoms. The average molecular weight is 596 g/mol. The first-order chi connectivity index (χ1) is 19.7. The van der Waals surface area contributed by atoms with Crippen LogP contribution < -0.4 is 9.62 Å². The molecule has 0 saturated heterocycles. The van der Waals surface area contributed by atoms with Crippen molar-refractivity contribution in [2.45, 2.75) is 75.9 Å². The van der Waals surface area contributed by atoms with E-state index in [2.05, 4.69) is 5.32 Å². The molecule has 0 radical (unpaired) electrons. The summed E-state index contributed by atoms with van der Waals surface area (Å²) in [5.41, 5.74) is 2.23. The Morgan fingerprint density at radius 1 is 0.902 bits per heavy atom. The summed E-state index contributed by atoms with van der Waals surface area (Å²) in [6, 6.07) is 21.7. The van der Waals surface area contributed by atoms with E-state index >= 15 is 0 Å². The van der Waals surface area contributed by atoms with E-state index < -0.39 is 28.5 Å². The second kappa shape index (κ2) is 14.0. The molecule has 0 unspecified atom stereocenters. The Morgan fingerprint density at radius 3 is 2.10 bits per heavy atom. The number of carbonyl (C=O) groups excluding carboxylic acids is 2. The van der Waals surface area contributed by atoms with Crippen LogP contribution in [0.1, 0.15) is 57.1 Å². The zero-order chi connectivity index (χ0) is 29.4. The van der Waals surface area contributed by atoms with Crippen LogP contribution in [-0.2, 0) is 32.6 Å². The van der Waals surface area contributed by atoms with E-state index in [-0.39, 0.29) is 23.4 Å². The highest BCUT2D eigenvalue weighted by atomic mass is 35.5. The Hall–Kier alpha value is -3.36. The van der Waals surface area contributed by atoms with E-state index in [0.29, 0.717) is 17.1 Å². The van der Waals surface area contributed by atoms with Crippen molar-refractivity contribution in [1.29, 1.82) is 0 Å². The molecule has 1 saturated carbocycles. The minimum atomic E-state index is -4.08. The monoisotopic (exact) mass is 595 g/mol. The third-order valence-corrected chi connectivity index (χ3v) is 9.64. The summed E-state index contributed by atoms with van der Waals surface area (Å²) in [7, 11) is -4.08. The number of halogens is 1. The smallest absolute Gasteiger partial charge is 0.264 e. The molecular formula is C32H38ClN3O4S. The number of amides is 2. The summed E-state index contributed by atoms with van der Waals surface area (Å²) in [5, 5.41) is 3.69. The van der Waals surface area contributed by atoms with Crippen LogP contribution in [0.4, 0.5) is 5.69 Å². The molecule has 1 aliphatic carbocycles. The molecule has 1 N–H and O–H groups in total. The first-order valence-corrected chi connectivity index (χ1v) is 16.1. The highest BCUT2D eigenvalue weighted by Crippen LogP contribution is 2.26. The number of anilines is 1. The van der Waals surface area contributed by atoms with E-state index in [0.717, 1.165) is 47.5 Å². The predicted octanol–water partition coefficient (Wildman–Crippen LogP) is 5.96. The molecule has 2 amide bonds. The lowest BCUT2D eigenvalue weighted by molar-refractivity contribution is -0.140. The van der Waals surface area contributed by atoms with Crippen molar-refractivity contribution in [2.75, 3.05) is 10.8 Å². The molecule has 4 rings (SSSR count). The molecule has 3 aromatic carbocycles. The number of nitrogens with one attached hydrogen (secondary N) is 1. The van der Waals surface area contributed by atoms with Gasteiger partial charge in [-0.1, -0.05) is 80.8 Å². The average Bonchev–Trinajstić information content (AvgIpc) is 3.50. The van der Waals surface area contributed by atoms with Crippen molar-refractivity contribution in [1.82, 2.24) is 10.2 Å². The topological polar surface area (TPSA) is 86.8 Å². The van der Waals surface area contributed by atoms with Crippen LogP contribution in [0.2, 0.25) is 5.02 Å². The van der Waals surface area contributed by atoms with Crippen molar-refractivity contribution in [3.05, 3.63) is 95.0 Å². The lowest BCUT2D eigenvalue weighted by Crippen LogP contribution is -2.53. The first kappa shape index (κ1) is 30.6. The van der Waals surface area contributed by atoms with E-state index in [1.54, 1.807) is 42.5 Å². The second-order valence-electron chi connectivity index (χ2n) is 10.4. The van der Waals surface area contributed by atoms with Gasteiger partial charge in [-0.2, -0.15) is 0 Å². The number of nitrogens with zero attached hydrogens (tertiary/aromatic N) is 2. The van der Waals surface area contributed by atoms with Gasteiger partial charge < -0.3 is 10.2 Å². The molecule has 1 fully saturated rings. The molecule has 0 heterocycles. The van der Waals surface area contributed by atoms with Crippen molar-refractivity contribution >= 4 is 39.1 Å².